The monoisotopic (exact) mass is 508 g/mol. The van der Waals surface area contributed by atoms with E-state index < -0.39 is 5.91 Å². The van der Waals surface area contributed by atoms with E-state index in [1.807, 2.05) is 24.3 Å². The van der Waals surface area contributed by atoms with Gasteiger partial charge >= 0.3 is 0 Å². The number of amides is 1. The van der Waals surface area contributed by atoms with Crippen LogP contribution in [-0.2, 0) is 4.79 Å². The summed E-state index contributed by atoms with van der Waals surface area (Å²) in [5.74, 6) is 0.242. The Morgan fingerprint density at radius 3 is 2.58 bits per heavy atom. The number of halogens is 1. The maximum atomic E-state index is 12.6. The highest BCUT2D eigenvalue weighted by molar-refractivity contribution is 6.38. The molecular formula is C27H29ClN4O4. The molecule has 1 amide bonds. The summed E-state index contributed by atoms with van der Waals surface area (Å²) in [6.07, 6.45) is 0.979. The molecule has 36 heavy (non-hydrogen) atoms. The zero-order chi connectivity index (χ0) is 25.2. The predicted octanol–water partition coefficient (Wildman–Crippen LogP) is 4.70. The van der Waals surface area contributed by atoms with Gasteiger partial charge in [-0.05, 0) is 50.2 Å². The quantitative estimate of drug-likeness (QED) is 0.271. The first-order valence-electron chi connectivity index (χ1n) is 12.1. The van der Waals surface area contributed by atoms with E-state index in [0.717, 1.165) is 56.0 Å². The van der Waals surface area contributed by atoms with Gasteiger partial charge in [-0.1, -0.05) is 28.9 Å². The molecule has 5 rings (SSSR count). The molecule has 0 atom stereocenters. The minimum Gasteiger partial charge on any atom is -0.504 e. The minimum atomic E-state index is -0.426. The number of aliphatic hydroxyl groups excluding tert-OH is 1. The van der Waals surface area contributed by atoms with Crippen LogP contribution in [0.2, 0.25) is 5.02 Å². The van der Waals surface area contributed by atoms with Gasteiger partial charge in [0.25, 0.3) is 5.91 Å². The van der Waals surface area contributed by atoms with Crippen molar-refractivity contribution in [1.82, 2.24) is 15.0 Å². The number of likely N-dealkylation sites (N-methyl/N-ethyl adjacent to an activating group) is 1. The molecule has 3 heterocycles. The highest BCUT2D eigenvalue weighted by Gasteiger charge is 2.31. The zero-order valence-corrected chi connectivity index (χ0v) is 21.1. The van der Waals surface area contributed by atoms with E-state index in [4.69, 9.17) is 20.9 Å². The number of aliphatic hydroxyl groups is 1. The van der Waals surface area contributed by atoms with Crippen molar-refractivity contribution in [3.05, 3.63) is 64.5 Å². The Balaban J connectivity index is 1.29. The van der Waals surface area contributed by atoms with Crippen LogP contribution >= 0.6 is 11.6 Å². The number of hydrogen-bond donors (Lipinski definition) is 2. The lowest BCUT2D eigenvalue weighted by atomic mass is 9.98. The van der Waals surface area contributed by atoms with Crippen molar-refractivity contribution in [2.45, 2.75) is 13.3 Å². The van der Waals surface area contributed by atoms with Crippen molar-refractivity contribution in [2.24, 2.45) is 0 Å². The highest BCUT2D eigenvalue weighted by atomic mass is 35.5. The predicted molar refractivity (Wildman–Crippen MR) is 140 cm³/mol. The van der Waals surface area contributed by atoms with Gasteiger partial charge in [-0.3, -0.25) is 4.79 Å². The number of piperazine rings is 1. The lowest BCUT2D eigenvalue weighted by molar-refractivity contribution is -0.110. The Hall–Kier alpha value is -3.33. The molecule has 0 unspecified atom stereocenters. The fourth-order valence-electron chi connectivity index (χ4n) is 4.53. The van der Waals surface area contributed by atoms with Crippen molar-refractivity contribution in [2.75, 3.05) is 51.7 Å². The van der Waals surface area contributed by atoms with E-state index in [1.54, 1.807) is 25.1 Å². The summed E-state index contributed by atoms with van der Waals surface area (Å²) in [6, 6.07) is 12.8. The molecule has 2 aromatic carbocycles. The smallest absolute Gasteiger partial charge is 0.260 e. The van der Waals surface area contributed by atoms with Crippen LogP contribution in [0.25, 0.3) is 22.5 Å². The Morgan fingerprint density at radius 2 is 1.89 bits per heavy atom. The fraction of sp³-hybridized carbons (Fsp3) is 0.333. The molecule has 0 bridgehead atoms. The van der Waals surface area contributed by atoms with Crippen LogP contribution in [0.5, 0.6) is 5.75 Å². The van der Waals surface area contributed by atoms with Gasteiger partial charge in [-0.15, -0.1) is 0 Å². The zero-order valence-electron chi connectivity index (χ0n) is 20.4. The van der Waals surface area contributed by atoms with Gasteiger partial charge < -0.3 is 29.5 Å². The lowest BCUT2D eigenvalue weighted by Gasteiger charge is -2.32. The maximum Gasteiger partial charge on any atom is 0.260 e. The maximum absolute atomic E-state index is 12.6. The van der Waals surface area contributed by atoms with Crippen molar-refractivity contribution in [3.63, 3.8) is 0 Å². The van der Waals surface area contributed by atoms with Gasteiger partial charge in [0, 0.05) is 49.9 Å². The third-order valence-electron chi connectivity index (χ3n) is 6.60. The van der Waals surface area contributed by atoms with Crippen molar-refractivity contribution in [1.29, 1.82) is 0 Å². The summed E-state index contributed by atoms with van der Waals surface area (Å²) in [4.78, 5) is 17.5. The van der Waals surface area contributed by atoms with Gasteiger partial charge in [-0.2, -0.15) is 0 Å². The number of aryl methyl sites for hydroxylation is 1. The molecule has 1 aromatic heterocycles. The topological polar surface area (TPSA) is 91.1 Å². The SMILES string of the molecule is Cc1cc(/C(O)=C2\C(=O)Nc3cc(Cl)c(-c4ccc(OCCCN5CCN(C)CC5)cc4)cc32)on1. The number of anilines is 1. The van der Waals surface area contributed by atoms with Crippen LogP contribution < -0.4 is 10.1 Å². The Morgan fingerprint density at radius 1 is 1.14 bits per heavy atom. The number of benzene rings is 2. The number of rotatable bonds is 7. The summed E-state index contributed by atoms with van der Waals surface area (Å²) in [5.41, 5.74) is 3.43. The molecule has 0 saturated carbocycles. The van der Waals surface area contributed by atoms with Gasteiger partial charge in [0.15, 0.2) is 5.76 Å². The number of fused-ring (bicyclic) bond motifs is 1. The molecule has 1 fully saturated rings. The third-order valence-corrected chi connectivity index (χ3v) is 6.91. The summed E-state index contributed by atoms with van der Waals surface area (Å²) >= 11 is 6.57. The number of aromatic nitrogens is 1. The Labute approximate surface area is 215 Å². The molecule has 0 spiro atoms. The lowest BCUT2D eigenvalue weighted by Crippen LogP contribution is -2.44. The van der Waals surface area contributed by atoms with E-state index in [-0.39, 0.29) is 17.1 Å². The summed E-state index contributed by atoms with van der Waals surface area (Å²) in [7, 11) is 2.16. The number of carbonyl (C=O) groups excluding carboxylic acids is 1. The van der Waals surface area contributed by atoms with Crippen molar-refractivity contribution in [3.8, 4) is 16.9 Å². The number of hydrogen-bond acceptors (Lipinski definition) is 7. The summed E-state index contributed by atoms with van der Waals surface area (Å²) < 4.78 is 11.1. The second kappa shape index (κ2) is 10.3. The molecule has 188 valence electrons. The second-order valence-electron chi connectivity index (χ2n) is 9.26. The highest BCUT2D eigenvalue weighted by Crippen LogP contribution is 2.42. The van der Waals surface area contributed by atoms with Gasteiger partial charge in [-0.25, -0.2) is 0 Å². The molecule has 0 aliphatic carbocycles. The van der Waals surface area contributed by atoms with E-state index >= 15 is 0 Å². The number of nitrogens with zero attached hydrogens (tertiary/aromatic N) is 3. The molecule has 2 N–H and O–H groups in total. The van der Waals surface area contributed by atoms with Crippen LogP contribution in [0.3, 0.4) is 0 Å². The summed E-state index contributed by atoms with van der Waals surface area (Å²) in [5, 5.41) is 17.8. The number of ether oxygens (including phenoxy) is 1. The molecular weight excluding hydrogens is 480 g/mol. The first kappa shape index (κ1) is 24.4. The number of nitrogens with one attached hydrogen (secondary N) is 1. The van der Waals surface area contributed by atoms with Gasteiger partial charge in [0.2, 0.25) is 5.76 Å². The molecule has 9 heteroatoms. The molecule has 0 radical (unpaired) electrons. The summed E-state index contributed by atoms with van der Waals surface area (Å²) in [6.45, 7) is 7.91. The van der Waals surface area contributed by atoms with Gasteiger partial charge in [0.05, 0.1) is 28.6 Å². The van der Waals surface area contributed by atoms with Crippen LogP contribution in [0.1, 0.15) is 23.4 Å². The molecule has 2 aliphatic heterocycles. The Kier molecular flexibility index (Phi) is 7.00. The third kappa shape index (κ3) is 5.11. The van der Waals surface area contributed by atoms with E-state index in [0.29, 0.717) is 28.6 Å². The van der Waals surface area contributed by atoms with Crippen LogP contribution in [0, 0.1) is 6.92 Å². The van der Waals surface area contributed by atoms with Crippen molar-refractivity contribution >= 4 is 34.5 Å². The largest absolute Gasteiger partial charge is 0.504 e. The number of carbonyl (C=O) groups is 1. The standard InChI is InChI=1S/C27H29ClN4O4/c1-17-14-24(36-30-17)26(33)25-21-15-20(22(28)16-23(21)29-27(25)34)18-4-6-19(7-5-18)35-13-3-8-32-11-9-31(2)10-12-32/h4-7,14-16,33H,3,8-13H2,1-2H3,(H,29,34)/b26-25+. The van der Waals surface area contributed by atoms with Crippen LogP contribution in [0.15, 0.2) is 47.0 Å². The fourth-order valence-corrected chi connectivity index (χ4v) is 4.80. The molecule has 2 aliphatic rings. The van der Waals surface area contributed by atoms with E-state index in [2.05, 4.69) is 27.3 Å². The molecule has 1 saturated heterocycles. The second-order valence-corrected chi connectivity index (χ2v) is 9.67. The first-order chi connectivity index (χ1) is 17.4. The van der Waals surface area contributed by atoms with Crippen LogP contribution in [0.4, 0.5) is 5.69 Å². The van der Waals surface area contributed by atoms with E-state index in [9.17, 15) is 9.90 Å². The average Bonchev–Trinajstić information content (AvgIpc) is 3.44. The van der Waals surface area contributed by atoms with E-state index in [1.165, 1.54) is 0 Å². The normalized spacial score (nSPS) is 17.7. The minimum absolute atomic E-state index is 0.124. The van der Waals surface area contributed by atoms with Crippen molar-refractivity contribution < 1.29 is 19.2 Å². The van der Waals surface area contributed by atoms with Crippen LogP contribution in [-0.4, -0.2) is 72.3 Å². The average molecular weight is 509 g/mol. The first-order valence-corrected chi connectivity index (χ1v) is 12.4. The molecule has 8 nitrogen and oxygen atoms in total. The Bertz CT molecular complexity index is 1290. The molecule has 3 aromatic rings. The van der Waals surface area contributed by atoms with Gasteiger partial charge in [0.1, 0.15) is 5.75 Å².